The Kier molecular flexibility index (Phi) is 6.96. The normalized spacial score (nSPS) is 14.5. The van der Waals surface area contributed by atoms with Crippen molar-refractivity contribution >= 4 is 17.2 Å². The lowest BCUT2D eigenvalue weighted by molar-refractivity contribution is -0.133. The zero-order valence-corrected chi connectivity index (χ0v) is 19.8. The minimum atomic E-state index is -0.300. The zero-order valence-electron chi connectivity index (χ0n) is 18.9. The third-order valence-corrected chi connectivity index (χ3v) is 6.89. The van der Waals surface area contributed by atoms with E-state index in [0.29, 0.717) is 50.7 Å². The number of carbonyl (C=O) groups is 1. The quantitative estimate of drug-likeness (QED) is 0.364. The molecular formula is C26H24F2N4O2S. The van der Waals surface area contributed by atoms with Crippen molar-refractivity contribution in [2.75, 3.05) is 26.2 Å². The standard InChI is InChI=1S/C26H24F2N4O2S/c27-21-5-1-18(2-6-21)25(19-3-7-22(28)8-4-19)32-14-12-31(13-15-32)24(33)10-9-23-29-26(30-34-23)20-11-16-35-17-20/h1-8,11,16-17,25H,9-10,12-15H2. The van der Waals surface area contributed by atoms with Crippen LogP contribution < -0.4 is 0 Å². The van der Waals surface area contributed by atoms with Crippen LogP contribution in [0.25, 0.3) is 11.4 Å². The van der Waals surface area contributed by atoms with Crippen molar-refractivity contribution in [3.8, 4) is 11.4 Å². The van der Waals surface area contributed by atoms with Crippen molar-refractivity contribution in [2.45, 2.75) is 18.9 Å². The third kappa shape index (κ3) is 5.47. The molecule has 1 saturated heterocycles. The fraction of sp³-hybridized carbons (Fsp3) is 0.269. The van der Waals surface area contributed by atoms with E-state index in [9.17, 15) is 13.6 Å². The fourth-order valence-corrected chi connectivity index (χ4v) is 5.01. The number of thiophene rings is 1. The highest BCUT2D eigenvalue weighted by molar-refractivity contribution is 7.08. The molecule has 2 aromatic heterocycles. The Morgan fingerprint density at radius 1 is 0.943 bits per heavy atom. The maximum atomic E-state index is 13.5. The van der Waals surface area contributed by atoms with Gasteiger partial charge in [-0.1, -0.05) is 29.4 Å². The van der Waals surface area contributed by atoms with E-state index in [1.54, 1.807) is 35.6 Å². The summed E-state index contributed by atoms with van der Waals surface area (Å²) in [6.07, 6.45) is 0.689. The summed E-state index contributed by atoms with van der Waals surface area (Å²) in [6.45, 7) is 2.44. The molecule has 180 valence electrons. The van der Waals surface area contributed by atoms with Crippen LogP contribution in [0.2, 0.25) is 0 Å². The number of aryl methyl sites for hydroxylation is 1. The average Bonchev–Trinajstić information content (AvgIpc) is 3.58. The molecule has 0 radical (unpaired) electrons. The highest BCUT2D eigenvalue weighted by Gasteiger charge is 2.28. The van der Waals surface area contributed by atoms with Crippen molar-refractivity contribution in [1.82, 2.24) is 19.9 Å². The Labute approximate surface area is 205 Å². The maximum absolute atomic E-state index is 13.5. The number of hydrogen-bond acceptors (Lipinski definition) is 6. The summed E-state index contributed by atoms with van der Waals surface area (Å²) in [5.41, 5.74) is 2.76. The van der Waals surface area contributed by atoms with E-state index in [1.165, 1.54) is 24.3 Å². The molecule has 1 amide bonds. The number of amides is 1. The van der Waals surface area contributed by atoms with Crippen LogP contribution in [0.15, 0.2) is 69.9 Å². The van der Waals surface area contributed by atoms with Gasteiger partial charge in [0.15, 0.2) is 0 Å². The molecule has 0 N–H and O–H groups in total. The van der Waals surface area contributed by atoms with Crippen molar-refractivity contribution in [2.24, 2.45) is 0 Å². The second-order valence-electron chi connectivity index (χ2n) is 8.45. The number of rotatable bonds is 7. The highest BCUT2D eigenvalue weighted by atomic mass is 32.1. The first-order valence-electron chi connectivity index (χ1n) is 11.4. The van der Waals surface area contributed by atoms with Gasteiger partial charge in [-0.25, -0.2) is 8.78 Å². The summed E-state index contributed by atoms with van der Waals surface area (Å²) in [5.74, 6) is 0.428. The Balaban J connectivity index is 1.21. The second kappa shape index (κ2) is 10.5. The predicted octanol–water partition coefficient (Wildman–Crippen LogP) is 4.94. The number of nitrogens with zero attached hydrogens (tertiary/aromatic N) is 4. The number of benzene rings is 2. The summed E-state index contributed by atoms with van der Waals surface area (Å²) in [6, 6.07) is 14.6. The van der Waals surface area contributed by atoms with E-state index in [-0.39, 0.29) is 23.6 Å². The summed E-state index contributed by atoms with van der Waals surface area (Å²) in [4.78, 5) is 21.3. The molecule has 1 aliphatic heterocycles. The molecule has 0 aliphatic carbocycles. The smallest absolute Gasteiger partial charge is 0.227 e. The summed E-state index contributed by atoms with van der Waals surface area (Å²) in [7, 11) is 0. The second-order valence-corrected chi connectivity index (χ2v) is 9.23. The van der Waals surface area contributed by atoms with Crippen LogP contribution >= 0.6 is 11.3 Å². The molecule has 0 spiro atoms. The van der Waals surface area contributed by atoms with Gasteiger partial charge in [0.2, 0.25) is 17.6 Å². The summed E-state index contributed by atoms with van der Waals surface area (Å²) < 4.78 is 32.4. The van der Waals surface area contributed by atoms with Crippen LogP contribution in [0.4, 0.5) is 8.78 Å². The first-order valence-corrected chi connectivity index (χ1v) is 12.4. The van der Waals surface area contributed by atoms with E-state index in [4.69, 9.17) is 4.52 Å². The zero-order chi connectivity index (χ0) is 24.2. The fourth-order valence-electron chi connectivity index (χ4n) is 4.37. The number of piperazine rings is 1. The number of aromatic nitrogens is 2. The minimum absolute atomic E-state index is 0.0417. The van der Waals surface area contributed by atoms with Gasteiger partial charge < -0.3 is 9.42 Å². The molecule has 1 aliphatic rings. The molecule has 9 heteroatoms. The molecule has 0 saturated carbocycles. The number of carbonyl (C=O) groups excluding carboxylic acids is 1. The van der Waals surface area contributed by atoms with Gasteiger partial charge in [-0.15, -0.1) is 0 Å². The lowest BCUT2D eigenvalue weighted by Gasteiger charge is -2.39. The molecule has 0 atom stereocenters. The van der Waals surface area contributed by atoms with Gasteiger partial charge in [0.05, 0.1) is 6.04 Å². The van der Waals surface area contributed by atoms with Gasteiger partial charge in [0.25, 0.3) is 0 Å². The number of hydrogen-bond donors (Lipinski definition) is 0. The van der Waals surface area contributed by atoms with Gasteiger partial charge in [-0.05, 0) is 46.8 Å². The molecule has 3 heterocycles. The Morgan fingerprint density at radius 3 is 2.14 bits per heavy atom. The predicted molar refractivity (Wildman–Crippen MR) is 129 cm³/mol. The lowest BCUT2D eigenvalue weighted by Crippen LogP contribution is -2.49. The maximum Gasteiger partial charge on any atom is 0.227 e. The van der Waals surface area contributed by atoms with Gasteiger partial charge in [0, 0.05) is 50.0 Å². The monoisotopic (exact) mass is 494 g/mol. The molecule has 35 heavy (non-hydrogen) atoms. The SMILES string of the molecule is O=C(CCc1nc(-c2ccsc2)no1)N1CCN(C(c2ccc(F)cc2)c2ccc(F)cc2)CC1. The van der Waals surface area contributed by atoms with Crippen LogP contribution in [0, 0.1) is 11.6 Å². The van der Waals surface area contributed by atoms with Crippen LogP contribution in [-0.2, 0) is 11.2 Å². The summed E-state index contributed by atoms with van der Waals surface area (Å²) in [5, 5.41) is 7.89. The largest absolute Gasteiger partial charge is 0.340 e. The molecule has 0 bridgehead atoms. The molecule has 4 aromatic rings. The first-order chi connectivity index (χ1) is 17.1. The average molecular weight is 495 g/mol. The summed E-state index contributed by atoms with van der Waals surface area (Å²) >= 11 is 1.56. The van der Waals surface area contributed by atoms with Gasteiger partial charge in [-0.3, -0.25) is 9.69 Å². The Hall–Kier alpha value is -3.43. The van der Waals surface area contributed by atoms with Crippen molar-refractivity contribution in [1.29, 1.82) is 0 Å². The van der Waals surface area contributed by atoms with E-state index in [2.05, 4.69) is 15.0 Å². The van der Waals surface area contributed by atoms with Crippen LogP contribution in [0.1, 0.15) is 29.5 Å². The minimum Gasteiger partial charge on any atom is -0.340 e. The van der Waals surface area contributed by atoms with E-state index in [0.717, 1.165) is 16.7 Å². The van der Waals surface area contributed by atoms with Crippen LogP contribution in [0.5, 0.6) is 0 Å². The topological polar surface area (TPSA) is 62.5 Å². The first kappa shape index (κ1) is 23.3. The van der Waals surface area contributed by atoms with E-state index < -0.39 is 0 Å². The number of halogens is 2. The molecule has 2 aromatic carbocycles. The van der Waals surface area contributed by atoms with Crippen LogP contribution in [0.3, 0.4) is 0 Å². The van der Waals surface area contributed by atoms with Gasteiger partial charge in [0.1, 0.15) is 11.6 Å². The van der Waals surface area contributed by atoms with Gasteiger partial charge >= 0.3 is 0 Å². The van der Waals surface area contributed by atoms with Gasteiger partial charge in [-0.2, -0.15) is 16.3 Å². The molecule has 1 fully saturated rings. The molecular weight excluding hydrogens is 470 g/mol. The third-order valence-electron chi connectivity index (χ3n) is 6.20. The van der Waals surface area contributed by atoms with E-state index in [1.807, 2.05) is 21.7 Å². The van der Waals surface area contributed by atoms with Crippen molar-refractivity contribution < 1.29 is 18.1 Å². The Morgan fingerprint density at radius 2 is 1.57 bits per heavy atom. The van der Waals surface area contributed by atoms with Crippen molar-refractivity contribution in [3.63, 3.8) is 0 Å². The Bertz CT molecular complexity index is 1210. The van der Waals surface area contributed by atoms with Crippen molar-refractivity contribution in [3.05, 3.63) is 94.0 Å². The van der Waals surface area contributed by atoms with Crippen LogP contribution in [-0.4, -0.2) is 52.0 Å². The lowest BCUT2D eigenvalue weighted by atomic mass is 9.96. The van der Waals surface area contributed by atoms with E-state index >= 15 is 0 Å². The molecule has 6 nitrogen and oxygen atoms in total. The molecule has 0 unspecified atom stereocenters. The molecule has 5 rings (SSSR count). The highest BCUT2D eigenvalue weighted by Crippen LogP contribution is 2.30.